The molecule has 0 aliphatic carbocycles. The summed E-state index contributed by atoms with van der Waals surface area (Å²) < 4.78 is 0. The molecule has 62 valence electrons. The Morgan fingerprint density at radius 3 is 2.64 bits per heavy atom. The molecule has 2 heterocycles. The van der Waals surface area contributed by atoms with Gasteiger partial charge in [0, 0.05) is 25.0 Å². The largest absolute Gasteiger partial charge is 0.365 e. The van der Waals surface area contributed by atoms with Gasteiger partial charge in [0.2, 0.25) is 0 Å². The van der Waals surface area contributed by atoms with Crippen molar-refractivity contribution in [3.63, 3.8) is 0 Å². The van der Waals surface area contributed by atoms with Crippen molar-refractivity contribution in [2.24, 2.45) is 0 Å². The van der Waals surface area contributed by atoms with E-state index in [0.29, 0.717) is 0 Å². The van der Waals surface area contributed by atoms with Gasteiger partial charge in [-0.1, -0.05) is 13.8 Å². The minimum atomic E-state index is 1.04. The predicted octanol–water partition coefficient (Wildman–Crippen LogP) is 1.95. The second kappa shape index (κ2) is 3.58. The van der Waals surface area contributed by atoms with Crippen molar-refractivity contribution < 1.29 is 0 Å². The predicted molar refractivity (Wildman–Crippen MR) is 47.4 cm³/mol. The van der Waals surface area contributed by atoms with Gasteiger partial charge >= 0.3 is 0 Å². The van der Waals surface area contributed by atoms with Gasteiger partial charge in [-0.3, -0.25) is 0 Å². The molecule has 2 N–H and O–H groups in total. The summed E-state index contributed by atoms with van der Waals surface area (Å²) in [5.41, 5.74) is 4.22. The van der Waals surface area contributed by atoms with Gasteiger partial charge in [-0.25, -0.2) is 0 Å². The summed E-state index contributed by atoms with van der Waals surface area (Å²) in [5, 5.41) is 3.29. The summed E-state index contributed by atoms with van der Waals surface area (Å²) in [6.07, 6.45) is 2.09. The summed E-state index contributed by atoms with van der Waals surface area (Å²) >= 11 is 0. The fourth-order valence-electron chi connectivity index (χ4n) is 1.34. The molecule has 1 aliphatic heterocycles. The Morgan fingerprint density at radius 2 is 2.00 bits per heavy atom. The summed E-state index contributed by atoms with van der Waals surface area (Å²) in [6, 6.07) is 0. The van der Waals surface area contributed by atoms with E-state index in [0.717, 1.165) is 13.1 Å². The molecular formula is C9H16N2. The van der Waals surface area contributed by atoms with Crippen LogP contribution < -0.4 is 5.32 Å². The highest BCUT2D eigenvalue weighted by Gasteiger charge is 2.12. The molecule has 0 saturated carbocycles. The van der Waals surface area contributed by atoms with Crippen LogP contribution in [0, 0.1) is 6.92 Å². The first-order chi connectivity index (χ1) is 5.38. The second-order valence-corrected chi connectivity index (χ2v) is 2.52. The van der Waals surface area contributed by atoms with Crippen molar-refractivity contribution in [3.8, 4) is 0 Å². The van der Waals surface area contributed by atoms with E-state index in [1.165, 1.54) is 16.8 Å². The maximum absolute atomic E-state index is 3.29. The van der Waals surface area contributed by atoms with Crippen molar-refractivity contribution in [1.82, 2.24) is 10.3 Å². The van der Waals surface area contributed by atoms with Crippen molar-refractivity contribution in [2.75, 3.05) is 0 Å². The number of aromatic nitrogens is 1. The molecule has 2 heteroatoms. The summed E-state index contributed by atoms with van der Waals surface area (Å²) in [7, 11) is 0. The van der Waals surface area contributed by atoms with Gasteiger partial charge < -0.3 is 10.3 Å². The van der Waals surface area contributed by atoms with Crippen LogP contribution >= 0.6 is 0 Å². The van der Waals surface area contributed by atoms with E-state index in [-0.39, 0.29) is 0 Å². The number of aryl methyl sites for hydroxylation is 1. The normalized spacial score (nSPS) is 13.7. The van der Waals surface area contributed by atoms with Gasteiger partial charge in [-0.15, -0.1) is 0 Å². The van der Waals surface area contributed by atoms with Gasteiger partial charge in [0.15, 0.2) is 0 Å². The third-order valence-electron chi connectivity index (χ3n) is 1.92. The average molecular weight is 152 g/mol. The lowest BCUT2D eigenvalue weighted by Gasteiger charge is -1.89. The number of nitrogens with one attached hydrogen (secondary N) is 2. The minimum Gasteiger partial charge on any atom is -0.365 e. The van der Waals surface area contributed by atoms with Crippen molar-refractivity contribution in [3.05, 3.63) is 23.0 Å². The molecule has 0 unspecified atom stereocenters. The summed E-state index contributed by atoms with van der Waals surface area (Å²) in [5.74, 6) is 0. The van der Waals surface area contributed by atoms with Gasteiger partial charge in [-0.2, -0.15) is 0 Å². The Balaban J connectivity index is 0.000000281. The molecule has 11 heavy (non-hydrogen) atoms. The molecule has 1 aromatic rings. The van der Waals surface area contributed by atoms with Crippen LogP contribution in [0.4, 0.5) is 0 Å². The maximum atomic E-state index is 3.29. The van der Waals surface area contributed by atoms with Crippen LogP contribution in [-0.2, 0) is 13.1 Å². The quantitative estimate of drug-likeness (QED) is 0.584. The lowest BCUT2D eigenvalue weighted by atomic mass is 10.2. The third-order valence-corrected chi connectivity index (χ3v) is 1.92. The first-order valence-electron chi connectivity index (χ1n) is 4.24. The molecule has 2 nitrogen and oxygen atoms in total. The Morgan fingerprint density at radius 1 is 1.27 bits per heavy atom. The highest BCUT2D eigenvalue weighted by atomic mass is 14.9. The number of aromatic amines is 1. The lowest BCUT2D eigenvalue weighted by Crippen LogP contribution is -2.01. The van der Waals surface area contributed by atoms with Crippen molar-refractivity contribution in [1.29, 1.82) is 0 Å². The second-order valence-electron chi connectivity index (χ2n) is 2.52. The van der Waals surface area contributed by atoms with E-state index in [2.05, 4.69) is 23.4 Å². The Kier molecular flexibility index (Phi) is 2.71. The fourth-order valence-corrected chi connectivity index (χ4v) is 1.34. The zero-order chi connectivity index (χ0) is 8.27. The van der Waals surface area contributed by atoms with Gasteiger partial charge in [0.25, 0.3) is 0 Å². The van der Waals surface area contributed by atoms with E-state index >= 15 is 0 Å². The molecular weight excluding hydrogens is 136 g/mol. The van der Waals surface area contributed by atoms with Crippen LogP contribution in [0.15, 0.2) is 6.20 Å². The zero-order valence-corrected chi connectivity index (χ0v) is 7.49. The van der Waals surface area contributed by atoms with E-state index in [1.807, 2.05) is 13.8 Å². The number of H-pyrrole nitrogens is 1. The van der Waals surface area contributed by atoms with E-state index < -0.39 is 0 Å². The van der Waals surface area contributed by atoms with Crippen LogP contribution in [0.1, 0.15) is 30.7 Å². The van der Waals surface area contributed by atoms with Gasteiger partial charge in [0.05, 0.1) is 0 Å². The zero-order valence-electron chi connectivity index (χ0n) is 7.49. The molecule has 0 amide bonds. The number of hydrogen-bond acceptors (Lipinski definition) is 1. The third kappa shape index (κ3) is 1.46. The van der Waals surface area contributed by atoms with E-state index in [1.54, 1.807) is 0 Å². The number of fused-ring (bicyclic) bond motifs is 1. The highest BCUT2D eigenvalue weighted by molar-refractivity contribution is 5.32. The molecule has 1 aromatic heterocycles. The smallest absolute Gasteiger partial charge is 0.0229 e. The van der Waals surface area contributed by atoms with Crippen LogP contribution in [0.25, 0.3) is 0 Å². The lowest BCUT2D eigenvalue weighted by molar-refractivity contribution is 0.756. The molecule has 1 aliphatic rings. The van der Waals surface area contributed by atoms with Crippen LogP contribution in [0.5, 0.6) is 0 Å². The first-order valence-corrected chi connectivity index (χ1v) is 4.24. The maximum Gasteiger partial charge on any atom is 0.0229 e. The molecule has 0 radical (unpaired) electrons. The topological polar surface area (TPSA) is 27.8 Å². The number of rotatable bonds is 0. The Hall–Kier alpha value is -0.760. The monoisotopic (exact) mass is 152 g/mol. The fraction of sp³-hybridized carbons (Fsp3) is 0.556. The minimum absolute atomic E-state index is 1.04. The first kappa shape index (κ1) is 8.34. The van der Waals surface area contributed by atoms with Crippen LogP contribution in [0.3, 0.4) is 0 Å². The Bertz CT molecular complexity index is 225. The molecule has 0 spiro atoms. The van der Waals surface area contributed by atoms with E-state index in [4.69, 9.17) is 0 Å². The van der Waals surface area contributed by atoms with Crippen LogP contribution in [0.2, 0.25) is 0 Å². The van der Waals surface area contributed by atoms with E-state index in [9.17, 15) is 0 Å². The SMILES string of the molecule is CC.Cc1[nH]cc2c1CNC2. The molecule has 2 rings (SSSR count). The van der Waals surface area contributed by atoms with Crippen molar-refractivity contribution >= 4 is 0 Å². The summed E-state index contributed by atoms with van der Waals surface area (Å²) in [6.45, 7) is 8.20. The average Bonchev–Trinajstić information content (AvgIpc) is 2.60. The van der Waals surface area contributed by atoms with Crippen LogP contribution in [-0.4, -0.2) is 4.98 Å². The molecule has 0 aromatic carbocycles. The summed E-state index contributed by atoms with van der Waals surface area (Å²) in [4.78, 5) is 3.20. The molecule has 0 saturated heterocycles. The van der Waals surface area contributed by atoms with Crippen molar-refractivity contribution in [2.45, 2.75) is 33.9 Å². The molecule has 0 fully saturated rings. The van der Waals surface area contributed by atoms with Gasteiger partial charge in [0.1, 0.15) is 0 Å². The number of hydrogen-bond donors (Lipinski definition) is 2. The molecule has 0 atom stereocenters. The Labute approximate surface area is 68.0 Å². The van der Waals surface area contributed by atoms with Gasteiger partial charge in [-0.05, 0) is 18.1 Å². The molecule has 0 bridgehead atoms. The highest BCUT2D eigenvalue weighted by Crippen LogP contribution is 2.17. The standard InChI is InChI=1S/C7H10N2.C2H6/c1-5-7-4-8-2-6(7)3-9-5;1-2/h3,8-9H,2,4H2,1H3;1-2H3.